The van der Waals surface area contributed by atoms with Crippen LogP contribution in [-0.4, -0.2) is 17.5 Å². The summed E-state index contributed by atoms with van der Waals surface area (Å²) in [5.74, 6) is 0.650. The third-order valence-electron chi connectivity index (χ3n) is 4.78. The Hall–Kier alpha value is -0.820. The maximum absolute atomic E-state index is 2.74. The zero-order valence-corrected chi connectivity index (χ0v) is 11.8. The minimum Gasteiger partial charge on any atom is -0.296 e. The molecule has 98 valence electrons. The Balaban J connectivity index is 1.79. The van der Waals surface area contributed by atoms with E-state index in [4.69, 9.17) is 0 Å². The number of hydrogen-bond acceptors (Lipinski definition) is 1. The molecule has 1 heteroatoms. The molecule has 0 N–H and O–H groups in total. The second-order valence-electron chi connectivity index (χ2n) is 6.34. The lowest BCUT2D eigenvalue weighted by molar-refractivity contribution is 0.181. The first kappa shape index (κ1) is 12.2. The second kappa shape index (κ2) is 5.05. The summed E-state index contributed by atoms with van der Waals surface area (Å²) in [5, 5.41) is 0. The van der Waals surface area contributed by atoms with Crippen molar-refractivity contribution in [2.45, 2.75) is 64.5 Å². The molecular formula is C17H25N. The van der Waals surface area contributed by atoms with Gasteiger partial charge in [0.25, 0.3) is 0 Å². The Kier molecular flexibility index (Phi) is 3.43. The molecule has 0 atom stereocenters. The van der Waals surface area contributed by atoms with Crippen LogP contribution in [0.1, 0.15) is 62.1 Å². The highest BCUT2D eigenvalue weighted by molar-refractivity contribution is 5.35. The van der Waals surface area contributed by atoms with E-state index >= 15 is 0 Å². The summed E-state index contributed by atoms with van der Waals surface area (Å²) >= 11 is 0. The van der Waals surface area contributed by atoms with Crippen molar-refractivity contribution in [3.63, 3.8) is 0 Å². The minimum atomic E-state index is 0.650. The van der Waals surface area contributed by atoms with Gasteiger partial charge in [-0.1, -0.05) is 44.9 Å². The first-order chi connectivity index (χ1) is 8.74. The molecule has 1 saturated carbocycles. The molecule has 2 aliphatic rings. The summed E-state index contributed by atoms with van der Waals surface area (Å²) in [4.78, 5) is 2.74. The van der Waals surface area contributed by atoms with Crippen LogP contribution in [0.2, 0.25) is 0 Å². The molecule has 1 aliphatic carbocycles. The molecule has 0 amide bonds. The first-order valence-electron chi connectivity index (χ1n) is 7.60. The highest BCUT2D eigenvalue weighted by Crippen LogP contribution is 2.30. The van der Waals surface area contributed by atoms with Crippen molar-refractivity contribution in [2.24, 2.45) is 0 Å². The molecule has 1 heterocycles. The van der Waals surface area contributed by atoms with Crippen molar-refractivity contribution in [3.05, 3.63) is 34.9 Å². The lowest BCUT2D eigenvalue weighted by Gasteiger charge is -2.34. The quantitative estimate of drug-likeness (QED) is 0.755. The van der Waals surface area contributed by atoms with Crippen LogP contribution in [0.3, 0.4) is 0 Å². The largest absolute Gasteiger partial charge is 0.296 e. The molecule has 1 aliphatic heterocycles. The van der Waals surface area contributed by atoms with Crippen molar-refractivity contribution in [2.75, 3.05) is 6.54 Å². The van der Waals surface area contributed by atoms with E-state index in [1.54, 1.807) is 11.1 Å². The fraction of sp³-hybridized carbons (Fsp3) is 0.647. The van der Waals surface area contributed by atoms with Crippen LogP contribution in [0, 0.1) is 0 Å². The van der Waals surface area contributed by atoms with E-state index in [2.05, 4.69) is 36.9 Å². The number of hydrogen-bond donors (Lipinski definition) is 0. The molecule has 0 saturated heterocycles. The molecule has 1 aromatic rings. The van der Waals surface area contributed by atoms with Gasteiger partial charge in [0.1, 0.15) is 0 Å². The van der Waals surface area contributed by atoms with Gasteiger partial charge in [-0.05, 0) is 41.9 Å². The van der Waals surface area contributed by atoms with E-state index in [0.717, 1.165) is 6.04 Å². The van der Waals surface area contributed by atoms with Crippen molar-refractivity contribution in [3.8, 4) is 0 Å². The molecule has 1 nitrogen and oxygen atoms in total. The van der Waals surface area contributed by atoms with Gasteiger partial charge in [0.15, 0.2) is 0 Å². The SMILES string of the molecule is CC(C)c1ccc2c(c1)CN(C1CCCC1)CC2. The third kappa shape index (κ3) is 2.33. The van der Waals surface area contributed by atoms with E-state index in [9.17, 15) is 0 Å². The van der Waals surface area contributed by atoms with Crippen molar-refractivity contribution < 1.29 is 0 Å². The van der Waals surface area contributed by atoms with Crippen molar-refractivity contribution in [1.82, 2.24) is 4.90 Å². The topological polar surface area (TPSA) is 3.24 Å². The zero-order valence-electron chi connectivity index (χ0n) is 11.8. The number of rotatable bonds is 2. The van der Waals surface area contributed by atoms with Gasteiger partial charge < -0.3 is 0 Å². The van der Waals surface area contributed by atoms with E-state index in [0.29, 0.717) is 5.92 Å². The van der Waals surface area contributed by atoms with Gasteiger partial charge in [0.2, 0.25) is 0 Å². The van der Waals surface area contributed by atoms with E-state index in [1.807, 2.05) is 0 Å². The molecule has 0 unspecified atom stereocenters. The van der Waals surface area contributed by atoms with Crippen LogP contribution in [0.4, 0.5) is 0 Å². The van der Waals surface area contributed by atoms with Gasteiger partial charge >= 0.3 is 0 Å². The molecule has 3 rings (SSSR count). The number of benzene rings is 1. The van der Waals surface area contributed by atoms with Gasteiger partial charge in [0, 0.05) is 19.1 Å². The third-order valence-corrected chi connectivity index (χ3v) is 4.78. The van der Waals surface area contributed by atoms with E-state index in [-0.39, 0.29) is 0 Å². The predicted molar refractivity (Wildman–Crippen MR) is 76.9 cm³/mol. The van der Waals surface area contributed by atoms with E-state index in [1.165, 1.54) is 50.8 Å². The van der Waals surface area contributed by atoms with Crippen molar-refractivity contribution in [1.29, 1.82) is 0 Å². The summed E-state index contributed by atoms with van der Waals surface area (Å²) in [5.41, 5.74) is 4.69. The second-order valence-corrected chi connectivity index (χ2v) is 6.34. The van der Waals surface area contributed by atoms with Crippen LogP contribution < -0.4 is 0 Å². The molecule has 0 bridgehead atoms. The monoisotopic (exact) mass is 243 g/mol. The Morgan fingerprint density at radius 1 is 1.11 bits per heavy atom. The first-order valence-corrected chi connectivity index (χ1v) is 7.60. The minimum absolute atomic E-state index is 0.650. The van der Waals surface area contributed by atoms with Gasteiger partial charge in [-0.25, -0.2) is 0 Å². The Labute approximate surface area is 111 Å². The molecule has 1 fully saturated rings. The highest BCUT2D eigenvalue weighted by Gasteiger charge is 2.25. The predicted octanol–water partition coefficient (Wildman–Crippen LogP) is 4.11. The average molecular weight is 243 g/mol. The summed E-state index contributed by atoms with van der Waals surface area (Å²) in [6.45, 7) is 7.05. The summed E-state index contributed by atoms with van der Waals surface area (Å²) < 4.78 is 0. The number of nitrogens with zero attached hydrogens (tertiary/aromatic N) is 1. The molecule has 1 aromatic carbocycles. The molecular weight excluding hydrogens is 218 g/mol. The molecule has 18 heavy (non-hydrogen) atoms. The van der Waals surface area contributed by atoms with Gasteiger partial charge in [-0.15, -0.1) is 0 Å². The fourth-order valence-corrected chi connectivity index (χ4v) is 3.54. The molecule has 0 spiro atoms. The molecule has 0 aromatic heterocycles. The standard InChI is InChI=1S/C17H25N/c1-13(2)15-8-7-14-9-10-18(12-16(14)11-15)17-5-3-4-6-17/h7-8,11,13,17H,3-6,9-10,12H2,1-2H3. The summed E-state index contributed by atoms with van der Waals surface area (Å²) in [7, 11) is 0. The van der Waals surface area contributed by atoms with Crippen LogP contribution in [0.25, 0.3) is 0 Å². The van der Waals surface area contributed by atoms with Crippen LogP contribution in [-0.2, 0) is 13.0 Å². The lowest BCUT2D eigenvalue weighted by atomic mass is 9.93. The van der Waals surface area contributed by atoms with E-state index < -0.39 is 0 Å². The van der Waals surface area contributed by atoms with Crippen LogP contribution in [0.15, 0.2) is 18.2 Å². The fourth-order valence-electron chi connectivity index (χ4n) is 3.54. The normalized spacial score (nSPS) is 21.5. The Morgan fingerprint density at radius 2 is 1.89 bits per heavy atom. The molecule has 0 radical (unpaired) electrons. The van der Waals surface area contributed by atoms with Crippen LogP contribution >= 0.6 is 0 Å². The van der Waals surface area contributed by atoms with Gasteiger partial charge in [-0.2, -0.15) is 0 Å². The summed E-state index contributed by atoms with van der Waals surface area (Å²) in [6, 6.07) is 8.04. The van der Waals surface area contributed by atoms with Crippen LogP contribution in [0.5, 0.6) is 0 Å². The van der Waals surface area contributed by atoms with Gasteiger partial charge in [0.05, 0.1) is 0 Å². The average Bonchev–Trinajstić information content (AvgIpc) is 2.91. The highest BCUT2D eigenvalue weighted by atomic mass is 15.2. The lowest BCUT2D eigenvalue weighted by Crippen LogP contribution is -2.37. The smallest absolute Gasteiger partial charge is 0.0239 e. The van der Waals surface area contributed by atoms with Gasteiger partial charge in [-0.3, -0.25) is 4.90 Å². The number of fused-ring (bicyclic) bond motifs is 1. The summed E-state index contributed by atoms with van der Waals surface area (Å²) in [6.07, 6.45) is 7.00. The maximum atomic E-state index is 2.74. The zero-order chi connectivity index (χ0) is 12.5. The van der Waals surface area contributed by atoms with Crippen molar-refractivity contribution >= 4 is 0 Å². The maximum Gasteiger partial charge on any atom is 0.0239 e. The Morgan fingerprint density at radius 3 is 2.61 bits per heavy atom. The Bertz CT molecular complexity index is 416.